The Kier molecular flexibility index (Phi) is 6.87. The number of rotatable bonds is 7. The van der Waals surface area contributed by atoms with E-state index in [1.165, 1.54) is 24.3 Å². The van der Waals surface area contributed by atoms with Gasteiger partial charge in [0.15, 0.2) is 0 Å². The first-order valence-electron chi connectivity index (χ1n) is 10.5. The molecule has 2 aliphatic rings. The maximum Gasteiger partial charge on any atom is 0.251 e. The van der Waals surface area contributed by atoms with Gasteiger partial charge in [-0.1, -0.05) is 6.92 Å². The van der Waals surface area contributed by atoms with Gasteiger partial charge in [-0.25, -0.2) is 4.39 Å². The van der Waals surface area contributed by atoms with Crippen LogP contribution in [0.5, 0.6) is 0 Å². The molecular formula is C22H30FN3O3. The number of nitrogens with zero attached hydrogens (tertiary/aromatic N) is 1. The summed E-state index contributed by atoms with van der Waals surface area (Å²) in [4.78, 5) is 39.7. The number of likely N-dealkylation sites (tertiary alicyclic amines) is 1. The first-order chi connectivity index (χ1) is 13.9. The maximum atomic E-state index is 13.1. The minimum atomic E-state index is -0.681. The topological polar surface area (TPSA) is 78.5 Å². The Bertz CT molecular complexity index is 740. The fourth-order valence-corrected chi connectivity index (χ4v) is 3.70. The van der Waals surface area contributed by atoms with Crippen molar-refractivity contribution in [2.24, 2.45) is 11.8 Å². The molecule has 2 atom stereocenters. The summed E-state index contributed by atoms with van der Waals surface area (Å²) in [6, 6.07) is 4.59. The number of hydrogen-bond donors (Lipinski definition) is 2. The Balaban J connectivity index is 1.67. The third-order valence-electron chi connectivity index (χ3n) is 5.93. The number of halogens is 1. The standard InChI is InChI=1S/C22H30FN3O3/c1-3-14(2)24-21(28)19(25-20(27)16-6-8-18(23)9-7-16)15-10-12-26(13-11-15)22(29)17-4-5-17/h6-9,14-15,17,19H,3-5,10-13H2,1-2H3,(H,24,28)(H,25,27)/t14-,19+/m0/s1. The van der Waals surface area contributed by atoms with Gasteiger partial charge in [-0.2, -0.15) is 0 Å². The van der Waals surface area contributed by atoms with Gasteiger partial charge in [0.25, 0.3) is 5.91 Å². The molecule has 6 nitrogen and oxygen atoms in total. The largest absolute Gasteiger partial charge is 0.352 e. The lowest BCUT2D eigenvalue weighted by atomic mass is 9.88. The number of carbonyl (C=O) groups is 3. The molecule has 2 fully saturated rings. The predicted molar refractivity (Wildman–Crippen MR) is 108 cm³/mol. The SMILES string of the molecule is CC[C@H](C)NC(=O)[C@H](NC(=O)c1ccc(F)cc1)C1CCN(C(=O)C2CC2)CC1. The van der Waals surface area contributed by atoms with Crippen molar-refractivity contribution in [1.29, 1.82) is 0 Å². The molecule has 1 saturated heterocycles. The molecule has 1 aromatic carbocycles. The second-order valence-electron chi connectivity index (χ2n) is 8.21. The fraction of sp³-hybridized carbons (Fsp3) is 0.591. The molecular weight excluding hydrogens is 373 g/mol. The average Bonchev–Trinajstić information content (AvgIpc) is 3.57. The molecule has 0 unspecified atom stereocenters. The zero-order valence-corrected chi connectivity index (χ0v) is 17.1. The molecule has 1 aliphatic carbocycles. The molecule has 0 aromatic heterocycles. The predicted octanol–water partition coefficient (Wildman–Crippen LogP) is 2.49. The molecule has 158 valence electrons. The summed E-state index contributed by atoms with van der Waals surface area (Å²) in [5.74, 6) is -0.659. The first-order valence-corrected chi connectivity index (χ1v) is 10.5. The van der Waals surface area contributed by atoms with Crippen LogP contribution in [0.3, 0.4) is 0 Å². The lowest BCUT2D eigenvalue weighted by Gasteiger charge is -2.36. The maximum absolute atomic E-state index is 13.1. The average molecular weight is 403 g/mol. The van der Waals surface area contributed by atoms with Crippen molar-refractivity contribution in [2.45, 2.75) is 58.0 Å². The number of carbonyl (C=O) groups excluding carboxylic acids is 3. The number of amides is 3. The second-order valence-corrected chi connectivity index (χ2v) is 8.21. The smallest absolute Gasteiger partial charge is 0.251 e. The van der Waals surface area contributed by atoms with E-state index in [0.717, 1.165) is 19.3 Å². The molecule has 29 heavy (non-hydrogen) atoms. The Labute approximate surface area is 171 Å². The zero-order chi connectivity index (χ0) is 21.0. The molecule has 1 aliphatic heterocycles. The monoisotopic (exact) mass is 403 g/mol. The van der Waals surface area contributed by atoms with E-state index in [2.05, 4.69) is 10.6 Å². The van der Waals surface area contributed by atoms with Crippen molar-refractivity contribution < 1.29 is 18.8 Å². The van der Waals surface area contributed by atoms with Gasteiger partial charge in [0.05, 0.1) is 0 Å². The van der Waals surface area contributed by atoms with Gasteiger partial charge in [-0.05, 0) is 69.2 Å². The van der Waals surface area contributed by atoms with E-state index in [-0.39, 0.29) is 29.7 Å². The van der Waals surface area contributed by atoms with Crippen LogP contribution in [0.4, 0.5) is 4.39 Å². The lowest BCUT2D eigenvalue weighted by Crippen LogP contribution is -2.55. The van der Waals surface area contributed by atoms with Crippen LogP contribution in [0.25, 0.3) is 0 Å². The molecule has 3 rings (SSSR count). The summed E-state index contributed by atoms with van der Waals surface area (Å²) in [7, 11) is 0. The van der Waals surface area contributed by atoms with E-state index in [1.807, 2.05) is 18.7 Å². The van der Waals surface area contributed by atoms with E-state index in [0.29, 0.717) is 31.5 Å². The Morgan fingerprint density at radius 2 is 1.69 bits per heavy atom. The van der Waals surface area contributed by atoms with Gasteiger partial charge in [0.1, 0.15) is 11.9 Å². The van der Waals surface area contributed by atoms with Crippen molar-refractivity contribution >= 4 is 17.7 Å². The lowest BCUT2D eigenvalue weighted by molar-refractivity contribution is -0.134. The van der Waals surface area contributed by atoms with E-state index in [1.54, 1.807) is 0 Å². The molecule has 3 amide bonds. The highest BCUT2D eigenvalue weighted by atomic mass is 19.1. The minimum Gasteiger partial charge on any atom is -0.352 e. The number of piperidine rings is 1. The van der Waals surface area contributed by atoms with Crippen molar-refractivity contribution in [2.75, 3.05) is 13.1 Å². The van der Waals surface area contributed by atoms with E-state index >= 15 is 0 Å². The quantitative estimate of drug-likeness (QED) is 0.734. The van der Waals surface area contributed by atoms with Gasteiger partial charge >= 0.3 is 0 Å². The van der Waals surface area contributed by atoms with Crippen LogP contribution in [0.15, 0.2) is 24.3 Å². The van der Waals surface area contributed by atoms with Crippen molar-refractivity contribution in [3.63, 3.8) is 0 Å². The summed E-state index contributed by atoms with van der Waals surface area (Å²) >= 11 is 0. The van der Waals surface area contributed by atoms with Gasteiger partial charge in [-0.3, -0.25) is 14.4 Å². The van der Waals surface area contributed by atoms with Crippen LogP contribution < -0.4 is 10.6 Å². The van der Waals surface area contributed by atoms with Crippen LogP contribution in [0, 0.1) is 17.7 Å². The molecule has 0 spiro atoms. The van der Waals surface area contributed by atoms with Gasteiger partial charge < -0.3 is 15.5 Å². The molecule has 7 heteroatoms. The van der Waals surface area contributed by atoms with Crippen LogP contribution >= 0.6 is 0 Å². The van der Waals surface area contributed by atoms with Crippen molar-refractivity contribution in [3.05, 3.63) is 35.6 Å². The highest BCUT2D eigenvalue weighted by molar-refractivity contribution is 5.97. The molecule has 1 heterocycles. The highest BCUT2D eigenvalue weighted by Gasteiger charge is 2.38. The number of benzene rings is 1. The Morgan fingerprint density at radius 3 is 2.24 bits per heavy atom. The third kappa shape index (κ3) is 5.55. The van der Waals surface area contributed by atoms with E-state index in [9.17, 15) is 18.8 Å². The molecule has 2 N–H and O–H groups in total. The number of nitrogens with one attached hydrogen (secondary N) is 2. The molecule has 1 aromatic rings. The van der Waals surface area contributed by atoms with Crippen LogP contribution in [-0.4, -0.2) is 47.8 Å². The molecule has 1 saturated carbocycles. The Morgan fingerprint density at radius 1 is 1.07 bits per heavy atom. The van der Waals surface area contributed by atoms with E-state index < -0.39 is 17.8 Å². The first kappa shape index (κ1) is 21.3. The van der Waals surface area contributed by atoms with Crippen LogP contribution in [-0.2, 0) is 9.59 Å². The van der Waals surface area contributed by atoms with Crippen molar-refractivity contribution in [1.82, 2.24) is 15.5 Å². The number of hydrogen-bond acceptors (Lipinski definition) is 3. The summed E-state index contributed by atoms with van der Waals surface area (Å²) in [5.41, 5.74) is 0.314. The zero-order valence-electron chi connectivity index (χ0n) is 17.1. The summed E-state index contributed by atoms with van der Waals surface area (Å²) in [6.07, 6.45) is 4.08. The van der Waals surface area contributed by atoms with Gasteiger partial charge in [-0.15, -0.1) is 0 Å². The van der Waals surface area contributed by atoms with Gasteiger partial charge in [0, 0.05) is 30.6 Å². The summed E-state index contributed by atoms with van der Waals surface area (Å²) < 4.78 is 13.1. The molecule has 0 bridgehead atoms. The van der Waals surface area contributed by atoms with Crippen molar-refractivity contribution in [3.8, 4) is 0 Å². The van der Waals surface area contributed by atoms with Gasteiger partial charge in [0.2, 0.25) is 11.8 Å². The van der Waals surface area contributed by atoms with Crippen LogP contribution in [0.1, 0.15) is 56.3 Å². The summed E-state index contributed by atoms with van der Waals surface area (Å²) in [5, 5.41) is 5.81. The normalized spacial score (nSPS) is 19.3. The van der Waals surface area contributed by atoms with Crippen LogP contribution in [0.2, 0.25) is 0 Å². The van der Waals surface area contributed by atoms with E-state index in [4.69, 9.17) is 0 Å². The third-order valence-corrected chi connectivity index (χ3v) is 5.93. The minimum absolute atomic E-state index is 0.00394. The highest BCUT2D eigenvalue weighted by Crippen LogP contribution is 2.33. The second kappa shape index (κ2) is 9.37. The summed E-state index contributed by atoms with van der Waals surface area (Å²) in [6.45, 7) is 5.13. The molecule has 0 radical (unpaired) electrons. The Hall–Kier alpha value is -2.44. The fourth-order valence-electron chi connectivity index (χ4n) is 3.70.